The first kappa shape index (κ1) is 21.7. The highest BCUT2D eigenvalue weighted by Crippen LogP contribution is 2.31. The summed E-state index contributed by atoms with van der Waals surface area (Å²) in [6.07, 6.45) is -2.63. The molecule has 0 aromatic heterocycles. The first-order valence-electron chi connectivity index (χ1n) is 7.47. The number of halogens is 4. The molecule has 0 spiro atoms. The van der Waals surface area contributed by atoms with Crippen LogP contribution < -0.4 is 11.1 Å². The van der Waals surface area contributed by atoms with Gasteiger partial charge in [0.25, 0.3) is 0 Å². The minimum Gasteiger partial charge on any atom is -0.354 e. The maximum atomic E-state index is 12.3. The molecule has 1 aliphatic rings. The lowest BCUT2D eigenvalue weighted by atomic mass is 10.1. The highest BCUT2D eigenvalue weighted by atomic mass is 35.5. The van der Waals surface area contributed by atoms with Crippen LogP contribution in [0.2, 0.25) is 0 Å². The molecule has 1 aliphatic carbocycles. The predicted molar refractivity (Wildman–Crippen MR) is 89.2 cm³/mol. The van der Waals surface area contributed by atoms with Crippen LogP contribution in [0.15, 0.2) is 29.2 Å². The van der Waals surface area contributed by atoms with E-state index in [9.17, 15) is 26.4 Å². The summed E-state index contributed by atoms with van der Waals surface area (Å²) >= 11 is 0. The Bertz CT molecular complexity index is 689. The molecule has 25 heavy (non-hydrogen) atoms. The average Bonchev–Trinajstić information content (AvgIpc) is 3.27. The fourth-order valence-electron chi connectivity index (χ4n) is 2.28. The van der Waals surface area contributed by atoms with Gasteiger partial charge in [0, 0.05) is 12.6 Å². The summed E-state index contributed by atoms with van der Waals surface area (Å²) in [6.45, 7) is 0.377. The maximum absolute atomic E-state index is 12.3. The summed E-state index contributed by atoms with van der Waals surface area (Å²) in [6, 6.07) is 4.77. The second-order valence-electron chi connectivity index (χ2n) is 6.00. The molecule has 142 valence electrons. The van der Waals surface area contributed by atoms with Crippen LogP contribution in [0.3, 0.4) is 0 Å². The Kier molecular flexibility index (Phi) is 7.28. The van der Waals surface area contributed by atoms with Gasteiger partial charge >= 0.3 is 6.18 Å². The summed E-state index contributed by atoms with van der Waals surface area (Å²) in [5.74, 6) is -1.71. The Hall–Kier alpha value is -1.32. The van der Waals surface area contributed by atoms with Crippen LogP contribution in [0.25, 0.3) is 0 Å². The van der Waals surface area contributed by atoms with Gasteiger partial charge in [-0.1, -0.05) is 12.1 Å². The van der Waals surface area contributed by atoms with Gasteiger partial charge in [-0.2, -0.15) is 13.2 Å². The van der Waals surface area contributed by atoms with E-state index >= 15 is 0 Å². The highest BCUT2D eigenvalue weighted by Gasteiger charge is 2.35. The van der Waals surface area contributed by atoms with Crippen molar-refractivity contribution in [2.75, 3.05) is 12.3 Å². The first-order valence-corrected chi connectivity index (χ1v) is 9.13. The van der Waals surface area contributed by atoms with E-state index in [1.165, 1.54) is 12.1 Å². The zero-order valence-corrected chi connectivity index (χ0v) is 14.9. The molecule has 0 bridgehead atoms. The van der Waals surface area contributed by atoms with Crippen molar-refractivity contribution in [2.24, 2.45) is 11.7 Å². The lowest BCUT2D eigenvalue weighted by Crippen LogP contribution is -2.39. The van der Waals surface area contributed by atoms with Crippen molar-refractivity contribution >= 4 is 28.2 Å². The Labute approximate surface area is 150 Å². The number of alkyl halides is 3. The normalized spacial score (nSPS) is 16.0. The van der Waals surface area contributed by atoms with Gasteiger partial charge in [0.2, 0.25) is 5.91 Å². The molecule has 3 N–H and O–H groups in total. The number of rotatable bonds is 7. The van der Waals surface area contributed by atoms with Crippen molar-refractivity contribution in [1.82, 2.24) is 5.32 Å². The van der Waals surface area contributed by atoms with E-state index in [-0.39, 0.29) is 30.8 Å². The van der Waals surface area contributed by atoms with E-state index in [1.54, 1.807) is 0 Å². The Morgan fingerprint density at radius 1 is 1.24 bits per heavy atom. The van der Waals surface area contributed by atoms with Gasteiger partial charge in [0.05, 0.1) is 11.3 Å². The summed E-state index contributed by atoms with van der Waals surface area (Å²) in [5, 5.41) is 2.70. The third kappa shape index (κ3) is 7.21. The minimum absolute atomic E-state index is 0. The van der Waals surface area contributed by atoms with E-state index in [2.05, 4.69) is 5.32 Å². The van der Waals surface area contributed by atoms with Crippen LogP contribution in [-0.2, 0) is 21.1 Å². The summed E-state index contributed by atoms with van der Waals surface area (Å²) in [5.41, 5.74) is 6.38. The second kappa shape index (κ2) is 8.37. The topological polar surface area (TPSA) is 89.3 Å². The third-order valence-electron chi connectivity index (χ3n) is 3.76. The fraction of sp³-hybridized carbons (Fsp3) is 0.533. The average molecular weight is 401 g/mol. The number of hydrogen-bond acceptors (Lipinski definition) is 4. The molecular formula is C15H20ClF3N2O3S. The standard InChI is InChI=1S/C15H19F3N2O3S.ClH/c16-15(17,18)9-24(22,23)12-5-1-10(2-6-12)7-14(21)20-8-13(19)11-3-4-11;/h1-2,5-6,11,13H,3-4,7-9,19H2,(H,20,21);1H. The Morgan fingerprint density at radius 3 is 2.28 bits per heavy atom. The number of sulfone groups is 1. The number of carbonyl (C=O) groups excluding carboxylic acids is 1. The maximum Gasteiger partial charge on any atom is 0.403 e. The van der Waals surface area contributed by atoms with Crippen molar-refractivity contribution in [1.29, 1.82) is 0 Å². The van der Waals surface area contributed by atoms with Crippen molar-refractivity contribution < 1.29 is 26.4 Å². The van der Waals surface area contributed by atoms with E-state index in [4.69, 9.17) is 5.73 Å². The molecule has 0 saturated heterocycles. The zero-order valence-electron chi connectivity index (χ0n) is 13.3. The fourth-order valence-corrected chi connectivity index (χ4v) is 3.43. The molecule has 1 fully saturated rings. The smallest absolute Gasteiger partial charge is 0.354 e. The molecular weight excluding hydrogens is 381 g/mol. The molecule has 1 saturated carbocycles. The van der Waals surface area contributed by atoms with Gasteiger partial charge in [0.15, 0.2) is 15.6 Å². The highest BCUT2D eigenvalue weighted by molar-refractivity contribution is 7.91. The number of carbonyl (C=O) groups is 1. The minimum atomic E-state index is -4.79. The van der Waals surface area contributed by atoms with Crippen LogP contribution >= 0.6 is 12.4 Å². The largest absolute Gasteiger partial charge is 0.403 e. The van der Waals surface area contributed by atoms with Gasteiger partial charge in [-0.3, -0.25) is 4.79 Å². The molecule has 0 aliphatic heterocycles. The summed E-state index contributed by atoms with van der Waals surface area (Å²) < 4.78 is 60.0. The third-order valence-corrected chi connectivity index (χ3v) is 5.46. The predicted octanol–water partition coefficient (Wildman–Crippen LogP) is 1.84. The van der Waals surface area contributed by atoms with Crippen molar-refractivity contribution in [3.8, 4) is 0 Å². The number of hydrogen-bond donors (Lipinski definition) is 2. The molecule has 1 atom stereocenters. The molecule has 1 aromatic carbocycles. The number of nitrogens with two attached hydrogens (primary N) is 1. The molecule has 10 heteroatoms. The number of benzene rings is 1. The van der Waals surface area contributed by atoms with Crippen molar-refractivity contribution in [2.45, 2.75) is 36.4 Å². The van der Waals surface area contributed by atoms with Crippen molar-refractivity contribution in [3.63, 3.8) is 0 Å². The summed E-state index contributed by atoms with van der Waals surface area (Å²) in [4.78, 5) is 11.4. The Morgan fingerprint density at radius 2 is 1.80 bits per heavy atom. The lowest BCUT2D eigenvalue weighted by molar-refractivity contribution is -0.120. The molecule has 1 aromatic rings. The van der Waals surface area contributed by atoms with Gasteiger partial charge in [0.1, 0.15) is 0 Å². The van der Waals surface area contributed by atoms with Crippen LogP contribution in [0, 0.1) is 5.92 Å². The van der Waals surface area contributed by atoms with Gasteiger partial charge in [-0.05, 0) is 36.5 Å². The van der Waals surface area contributed by atoms with Crippen LogP contribution in [0.4, 0.5) is 13.2 Å². The molecule has 1 unspecified atom stereocenters. The first-order chi connectivity index (χ1) is 11.1. The van der Waals surface area contributed by atoms with E-state index in [0.717, 1.165) is 25.0 Å². The molecule has 2 rings (SSSR count). The van der Waals surface area contributed by atoms with Gasteiger partial charge in [-0.15, -0.1) is 12.4 Å². The van der Waals surface area contributed by atoms with Crippen LogP contribution in [-0.4, -0.2) is 38.8 Å². The monoisotopic (exact) mass is 400 g/mol. The SMILES string of the molecule is Cl.NC(CNC(=O)Cc1ccc(S(=O)(=O)CC(F)(F)F)cc1)C1CC1. The number of nitrogens with one attached hydrogen (secondary N) is 1. The molecule has 0 heterocycles. The van der Waals surface area contributed by atoms with E-state index in [0.29, 0.717) is 18.0 Å². The molecule has 1 amide bonds. The number of amides is 1. The van der Waals surface area contributed by atoms with Gasteiger partial charge in [-0.25, -0.2) is 8.42 Å². The summed E-state index contributed by atoms with van der Waals surface area (Å²) in [7, 11) is -4.43. The molecule has 5 nitrogen and oxygen atoms in total. The zero-order chi connectivity index (χ0) is 18.0. The van der Waals surface area contributed by atoms with E-state index < -0.39 is 26.7 Å². The quantitative estimate of drug-likeness (QED) is 0.730. The van der Waals surface area contributed by atoms with Gasteiger partial charge < -0.3 is 11.1 Å². The molecule has 0 radical (unpaired) electrons. The van der Waals surface area contributed by atoms with Crippen LogP contribution in [0.1, 0.15) is 18.4 Å². The van der Waals surface area contributed by atoms with Crippen molar-refractivity contribution in [3.05, 3.63) is 29.8 Å². The van der Waals surface area contributed by atoms with E-state index in [1.807, 2.05) is 0 Å². The lowest BCUT2D eigenvalue weighted by Gasteiger charge is -2.12. The second-order valence-corrected chi connectivity index (χ2v) is 7.99. The van der Waals surface area contributed by atoms with Crippen LogP contribution in [0.5, 0.6) is 0 Å². The Balaban J connectivity index is 0.00000312.